The average Bonchev–Trinajstić information content (AvgIpc) is 3.12. The molecule has 0 bridgehead atoms. The van der Waals surface area contributed by atoms with Crippen LogP contribution in [0.25, 0.3) is 0 Å². The van der Waals surface area contributed by atoms with E-state index in [0.29, 0.717) is 19.4 Å². The minimum Gasteiger partial charge on any atom is -0.480 e. The second kappa shape index (κ2) is 11.6. The molecule has 164 valence electrons. The van der Waals surface area contributed by atoms with Crippen molar-refractivity contribution in [1.82, 2.24) is 10.2 Å². The average molecular weight is 433 g/mol. The van der Waals surface area contributed by atoms with Crippen LogP contribution in [0.15, 0.2) is 0 Å². The van der Waals surface area contributed by atoms with Gasteiger partial charge in [0.25, 0.3) is 5.09 Å². The Morgan fingerprint density at radius 1 is 1.31 bits per heavy atom. The standard InChI is InChI=1S/C17H27N3O8S/c1-10(15(22)19-8-4-5-13(19)16(23)24)9-29-17(25)12(3)18-14(21)7-6-11(2)28-20(26)27/h10-13H,4-9H2,1-3H3,(H,18,21)(H,23,24)/t10?,11?,12-,13-/m0/s1. The lowest BCUT2D eigenvalue weighted by Crippen LogP contribution is -2.43. The highest BCUT2D eigenvalue weighted by Crippen LogP contribution is 2.22. The molecule has 1 aliphatic rings. The van der Waals surface area contributed by atoms with Crippen LogP contribution < -0.4 is 5.32 Å². The maximum atomic E-state index is 12.5. The summed E-state index contributed by atoms with van der Waals surface area (Å²) in [5, 5.41) is 20.6. The summed E-state index contributed by atoms with van der Waals surface area (Å²) >= 11 is 0.902. The minimum atomic E-state index is -1.03. The van der Waals surface area contributed by atoms with Crippen molar-refractivity contribution in [3.05, 3.63) is 10.1 Å². The van der Waals surface area contributed by atoms with Gasteiger partial charge >= 0.3 is 5.97 Å². The van der Waals surface area contributed by atoms with Gasteiger partial charge in [-0.25, -0.2) is 4.79 Å². The Balaban J connectivity index is 2.38. The van der Waals surface area contributed by atoms with Crippen molar-refractivity contribution in [2.45, 2.75) is 64.6 Å². The topological polar surface area (TPSA) is 156 Å². The molecule has 0 spiro atoms. The zero-order valence-corrected chi connectivity index (χ0v) is 17.5. The van der Waals surface area contributed by atoms with Crippen LogP contribution in [0.1, 0.15) is 46.5 Å². The monoisotopic (exact) mass is 433 g/mol. The lowest BCUT2D eigenvalue weighted by Gasteiger charge is -2.24. The van der Waals surface area contributed by atoms with Gasteiger partial charge in [0.15, 0.2) is 0 Å². The first-order chi connectivity index (χ1) is 13.5. The van der Waals surface area contributed by atoms with Gasteiger partial charge in [0.05, 0.1) is 6.04 Å². The summed E-state index contributed by atoms with van der Waals surface area (Å²) in [6.07, 6.45) is 0.428. The maximum absolute atomic E-state index is 12.5. The van der Waals surface area contributed by atoms with E-state index in [4.69, 9.17) is 0 Å². The summed E-state index contributed by atoms with van der Waals surface area (Å²) in [4.78, 5) is 63.6. The Hall–Kier alpha value is -2.37. The zero-order chi connectivity index (χ0) is 22.1. The lowest BCUT2D eigenvalue weighted by molar-refractivity contribution is -0.767. The molecule has 1 saturated heterocycles. The molecule has 0 aromatic heterocycles. The van der Waals surface area contributed by atoms with Gasteiger partial charge in [0.1, 0.15) is 12.1 Å². The van der Waals surface area contributed by atoms with Crippen molar-refractivity contribution in [1.29, 1.82) is 0 Å². The molecule has 1 fully saturated rings. The van der Waals surface area contributed by atoms with E-state index in [9.17, 15) is 34.4 Å². The number of amides is 2. The summed E-state index contributed by atoms with van der Waals surface area (Å²) in [7, 11) is 0. The van der Waals surface area contributed by atoms with Crippen molar-refractivity contribution >= 4 is 34.7 Å². The van der Waals surface area contributed by atoms with Gasteiger partial charge in [0.2, 0.25) is 16.9 Å². The van der Waals surface area contributed by atoms with Crippen LogP contribution in [0.2, 0.25) is 0 Å². The maximum Gasteiger partial charge on any atom is 0.326 e. The number of carboxylic acids is 1. The van der Waals surface area contributed by atoms with Crippen molar-refractivity contribution in [2.75, 3.05) is 12.3 Å². The van der Waals surface area contributed by atoms with Crippen LogP contribution in [0.4, 0.5) is 0 Å². The van der Waals surface area contributed by atoms with Crippen LogP contribution in [-0.2, 0) is 24.0 Å². The highest BCUT2D eigenvalue weighted by Gasteiger charge is 2.36. The van der Waals surface area contributed by atoms with Gasteiger partial charge in [-0.3, -0.25) is 14.4 Å². The summed E-state index contributed by atoms with van der Waals surface area (Å²) < 4.78 is 0. The number of nitrogens with one attached hydrogen (secondary N) is 1. The fourth-order valence-corrected chi connectivity index (χ4v) is 3.75. The predicted octanol–water partition coefficient (Wildman–Crippen LogP) is 0.840. The van der Waals surface area contributed by atoms with Gasteiger partial charge in [-0.05, 0) is 33.1 Å². The minimum absolute atomic E-state index is 0.0300. The van der Waals surface area contributed by atoms with Gasteiger partial charge in [-0.1, -0.05) is 18.7 Å². The van der Waals surface area contributed by atoms with Gasteiger partial charge < -0.3 is 20.2 Å². The third-order valence-corrected chi connectivity index (χ3v) is 5.80. The van der Waals surface area contributed by atoms with Crippen LogP contribution in [-0.4, -0.2) is 68.5 Å². The van der Waals surface area contributed by atoms with E-state index in [1.165, 1.54) is 18.7 Å². The number of nitrogens with zero attached hydrogens (tertiary/aromatic N) is 2. The van der Waals surface area contributed by atoms with E-state index in [1.807, 2.05) is 0 Å². The van der Waals surface area contributed by atoms with E-state index in [2.05, 4.69) is 10.2 Å². The molecule has 4 atom stereocenters. The fourth-order valence-electron chi connectivity index (χ4n) is 2.88. The van der Waals surface area contributed by atoms with Gasteiger partial charge in [0, 0.05) is 24.6 Å². The Labute approximate surface area is 172 Å². The Kier molecular flexibility index (Phi) is 9.86. The van der Waals surface area contributed by atoms with E-state index in [0.717, 1.165) is 11.8 Å². The second-order valence-corrected chi connectivity index (χ2v) is 8.05. The van der Waals surface area contributed by atoms with E-state index >= 15 is 0 Å². The van der Waals surface area contributed by atoms with Crippen molar-refractivity contribution in [3.63, 3.8) is 0 Å². The van der Waals surface area contributed by atoms with Crippen LogP contribution >= 0.6 is 11.8 Å². The fraction of sp³-hybridized carbons (Fsp3) is 0.765. The van der Waals surface area contributed by atoms with Crippen LogP contribution in [0, 0.1) is 16.0 Å². The number of carbonyl (C=O) groups excluding carboxylic acids is 3. The van der Waals surface area contributed by atoms with Crippen LogP contribution in [0.5, 0.6) is 0 Å². The molecule has 1 rings (SSSR count). The molecule has 2 unspecified atom stereocenters. The summed E-state index contributed by atoms with van der Waals surface area (Å²) in [5.41, 5.74) is 0. The number of hydrogen-bond acceptors (Lipinski definition) is 8. The molecule has 0 aromatic rings. The first-order valence-corrected chi connectivity index (χ1v) is 10.3. The molecule has 11 nitrogen and oxygen atoms in total. The largest absolute Gasteiger partial charge is 0.480 e. The number of likely N-dealkylation sites (tertiary alicyclic amines) is 1. The zero-order valence-electron chi connectivity index (χ0n) is 16.7. The first kappa shape index (κ1) is 24.7. The number of hydrogen-bond donors (Lipinski definition) is 2. The predicted molar refractivity (Wildman–Crippen MR) is 103 cm³/mol. The number of rotatable bonds is 11. The van der Waals surface area contributed by atoms with E-state index in [-0.39, 0.29) is 29.6 Å². The quantitative estimate of drug-likeness (QED) is 0.356. The summed E-state index contributed by atoms with van der Waals surface area (Å²) in [6, 6.07) is -1.61. The molecule has 0 saturated carbocycles. The second-order valence-electron chi connectivity index (χ2n) is 7.03. The molecule has 29 heavy (non-hydrogen) atoms. The number of thioether (sulfide) groups is 1. The van der Waals surface area contributed by atoms with Gasteiger partial charge in [-0.15, -0.1) is 10.1 Å². The third-order valence-electron chi connectivity index (χ3n) is 4.49. The van der Waals surface area contributed by atoms with Crippen LogP contribution in [0.3, 0.4) is 0 Å². The SMILES string of the molecule is CC(CCC(=O)N[C@@H](C)C(=O)SCC(C)C(=O)N1CCC[C@H]1C(=O)O)O[N+](=O)[O-]. The molecule has 12 heteroatoms. The molecule has 0 aromatic carbocycles. The highest BCUT2D eigenvalue weighted by molar-refractivity contribution is 8.13. The number of aliphatic carboxylic acids is 1. The smallest absolute Gasteiger partial charge is 0.326 e. The Morgan fingerprint density at radius 3 is 2.55 bits per heavy atom. The van der Waals surface area contributed by atoms with E-state index < -0.39 is 41.1 Å². The summed E-state index contributed by atoms with van der Waals surface area (Å²) in [6.45, 7) is 5.01. The lowest BCUT2D eigenvalue weighted by atomic mass is 10.1. The first-order valence-electron chi connectivity index (χ1n) is 9.33. The molecule has 0 radical (unpaired) electrons. The van der Waals surface area contributed by atoms with Crippen molar-refractivity contribution in [2.24, 2.45) is 5.92 Å². The number of carbonyl (C=O) groups is 4. The van der Waals surface area contributed by atoms with Crippen molar-refractivity contribution in [3.8, 4) is 0 Å². The third kappa shape index (κ3) is 8.26. The molecular formula is C17H27N3O8S. The molecular weight excluding hydrogens is 406 g/mol. The normalized spacial score (nSPS) is 19.1. The van der Waals surface area contributed by atoms with E-state index in [1.54, 1.807) is 6.92 Å². The molecule has 1 heterocycles. The highest BCUT2D eigenvalue weighted by atomic mass is 32.2. The number of carboxylic acid groups (broad SMARTS) is 1. The van der Waals surface area contributed by atoms with Crippen molar-refractivity contribution < 1.29 is 34.2 Å². The molecule has 2 N–H and O–H groups in total. The Bertz CT molecular complexity index is 644. The Morgan fingerprint density at radius 2 is 1.97 bits per heavy atom. The molecule has 0 aliphatic carbocycles. The van der Waals surface area contributed by atoms with Gasteiger partial charge in [-0.2, -0.15) is 0 Å². The summed E-state index contributed by atoms with van der Waals surface area (Å²) in [5.74, 6) is -2.12. The molecule has 1 aliphatic heterocycles. The molecule has 2 amide bonds.